The predicted octanol–water partition coefficient (Wildman–Crippen LogP) is 3.53. The van der Waals surface area contributed by atoms with Crippen LogP contribution < -0.4 is 5.32 Å². The lowest BCUT2D eigenvalue weighted by atomic mass is 9.91. The highest BCUT2D eigenvalue weighted by atomic mass is 32.1. The van der Waals surface area contributed by atoms with E-state index in [0.717, 1.165) is 19.1 Å². The van der Waals surface area contributed by atoms with E-state index in [1.807, 2.05) is 11.3 Å². The van der Waals surface area contributed by atoms with Crippen LogP contribution in [0.5, 0.6) is 0 Å². The molecule has 0 bridgehead atoms. The van der Waals surface area contributed by atoms with Gasteiger partial charge in [-0.15, -0.1) is 11.3 Å². The summed E-state index contributed by atoms with van der Waals surface area (Å²) in [7, 11) is 4.21. The number of rotatable bonds is 5. The molecule has 0 spiro atoms. The maximum atomic E-state index is 4.90. The lowest BCUT2D eigenvalue weighted by molar-refractivity contribution is 0.400. The monoisotopic (exact) mass is 295 g/mol. The number of aromatic nitrogens is 1. The molecule has 2 rings (SSSR count). The standard InChI is InChI=1S/C16H29N3S/c1-16(2,3)15-13(10-17-12-8-6-7-9-12)20-14(18-15)11-19(4)5/h12,17H,6-11H2,1-5H3. The first-order chi connectivity index (χ1) is 9.36. The van der Waals surface area contributed by atoms with Gasteiger partial charge >= 0.3 is 0 Å². The number of nitrogens with one attached hydrogen (secondary N) is 1. The summed E-state index contributed by atoms with van der Waals surface area (Å²) < 4.78 is 0. The van der Waals surface area contributed by atoms with Crippen molar-refractivity contribution in [2.45, 2.75) is 71.0 Å². The third-order valence-corrected chi connectivity index (χ3v) is 4.85. The van der Waals surface area contributed by atoms with E-state index >= 15 is 0 Å². The van der Waals surface area contributed by atoms with Crippen molar-refractivity contribution in [3.63, 3.8) is 0 Å². The Morgan fingerprint density at radius 1 is 1.25 bits per heavy atom. The summed E-state index contributed by atoms with van der Waals surface area (Å²) in [5.41, 5.74) is 1.41. The fourth-order valence-electron chi connectivity index (χ4n) is 2.81. The Balaban J connectivity index is 2.09. The minimum Gasteiger partial charge on any atom is -0.309 e. The van der Waals surface area contributed by atoms with Crippen LogP contribution in [0.1, 0.15) is 62.0 Å². The van der Waals surface area contributed by atoms with Gasteiger partial charge in [0.1, 0.15) is 5.01 Å². The number of hydrogen-bond donors (Lipinski definition) is 1. The molecule has 0 amide bonds. The highest BCUT2D eigenvalue weighted by Crippen LogP contribution is 2.30. The molecule has 0 aromatic carbocycles. The molecule has 114 valence electrons. The van der Waals surface area contributed by atoms with E-state index in [1.165, 1.54) is 41.3 Å². The van der Waals surface area contributed by atoms with Crippen LogP contribution in [0, 0.1) is 0 Å². The molecule has 0 saturated heterocycles. The lowest BCUT2D eigenvalue weighted by Gasteiger charge is -2.19. The molecule has 0 atom stereocenters. The smallest absolute Gasteiger partial charge is 0.107 e. The van der Waals surface area contributed by atoms with Crippen molar-refractivity contribution in [3.05, 3.63) is 15.6 Å². The van der Waals surface area contributed by atoms with Gasteiger partial charge in [-0.1, -0.05) is 33.6 Å². The van der Waals surface area contributed by atoms with E-state index in [0.29, 0.717) is 0 Å². The number of nitrogens with zero attached hydrogens (tertiary/aromatic N) is 2. The quantitative estimate of drug-likeness (QED) is 0.900. The Hall–Kier alpha value is -0.450. The fraction of sp³-hybridized carbons (Fsp3) is 0.812. The van der Waals surface area contributed by atoms with Crippen LogP contribution in [-0.4, -0.2) is 30.0 Å². The van der Waals surface area contributed by atoms with Crippen LogP contribution in [0.25, 0.3) is 0 Å². The minimum atomic E-state index is 0.133. The highest BCUT2D eigenvalue weighted by molar-refractivity contribution is 7.11. The molecule has 1 fully saturated rings. The lowest BCUT2D eigenvalue weighted by Crippen LogP contribution is -2.26. The molecule has 1 heterocycles. The van der Waals surface area contributed by atoms with Crippen LogP contribution in [0.4, 0.5) is 0 Å². The molecule has 3 nitrogen and oxygen atoms in total. The first-order valence-corrected chi connectivity index (χ1v) is 8.55. The first-order valence-electron chi connectivity index (χ1n) is 7.73. The third kappa shape index (κ3) is 4.27. The van der Waals surface area contributed by atoms with Gasteiger partial charge in [0.2, 0.25) is 0 Å². The average Bonchev–Trinajstić information content (AvgIpc) is 2.93. The SMILES string of the molecule is CN(C)Cc1nc(C(C)(C)C)c(CNC2CCCC2)s1. The molecule has 0 radical (unpaired) electrons. The van der Waals surface area contributed by atoms with E-state index < -0.39 is 0 Å². The molecule has 1 N–H and O–H groups in total. The molecule has 0 aliphatic heterocycles. The second-order valence-electron chi connectivity index (χ2n) is 7.23. The van der Waals surface area contributed by atoms with Crippen LogP contribution >= 0.6 is 11.3 Å². The Bertz CT molecular complexity index is 425. The van der Waals surface area contributed by atoms with Crippen molar-refractivity contribution in [1.82, 2.24) is 15.2 Å². The topological polar surface area (TPSA) is 28.2 Å². The largest absolute Gasteiger partial charge is 0.309 e. The maximum Gasteiger partial charge on any atom is 0.107 e. The number of thiazole rings is 1. The van der Waals surface area contributed by atoms with Crippen LogP contribution in [0.3, 0.4) is 0 Å². The Labute approximate surface area is 127 Å². The van der Waals surface area contributed by atoms with E-state index in [9.17, 15) is 0 Å². The average molecular weight is 295 g/mol. The summed E-state index contributed by atoms with van der Waals surface area (Å²) in [5.74, 6) is 0. The summed E-state index contributed by atoms with van der Waals surface area (Å²) in [6.45, 7) is 8.72. The van der Waals surface area contributed by atoms with Crippen molar-refractivity contribution >= 4 is 11.3 Å². The molecule has 1 aliphatic carbocycles. The summed E-state index contributed by atoms with van der Waals surface area (Å²) in [5, 5.41) is 4.97. The Morgan fingerprint density at radius 2 is 1.90 bits per heavy atom. The van der Waals surface area contributed by atoms with Gasteiger partial charge in [0.15, 0.2) is 0 Å². The summed E-state index contributed by atoms with van der Waals surface area (Å²) in [6.07, 6.45) is 5.46. The molecular weight excluding hydrogens is 266 g/mol. The zero-order valence-electron chi connectivity index (χ0n) is 13.6. The molecule has 1 saturated carbocycles. The van der Waals surface area contributed by atoms with E-state index in [2.05, 4.69) is 45.1 Å². The van der Waals surface area contributed by atoms with Gasteiger partial charge in [0.25, 0.3) is 0 Å². The molecule has 1 aliphatic rings. The summed E-state index contributed by atoms with van der Waals surface area (Å²) in [6, 6.07) is 0.724. The van der Waals surface area contributed by atoms with Crippen molar-refractivity contribution in [3.8, 4) is 0 Å². The van der Waals surface area contributed by atoms with Gasteiger partial charge in [-0.2, -0.15) is 0 Å². The number of hydrogen-bond acceptors (Lipinski definition) is 4. The van der Waals surface area contributed by atoms with Crippen LogP contribution in [-0.2, 0) is 18.5 Å². The summed E-state index contributed by atoms with van der Waals surface area (Å²) in [4.78, 5) is 8.53. The highest BCUT2D eigenvalue weighted by Gasteiger charge is 2.24. The zero-order valence-corrected chi connectivity index (χ0v) is 14.4. The van der Waals surface area contributed by atoms with Crippen LogP contribution in [0.15, 0.2) is 0 Å². The van der Waals surface area contributed by atoms with E-state index in [1.54, 1.807) is 0 Å². The first kappa shape index (κ1) is 15.9. The van der Waals surface area contributed by atoms with Gasteiger partial charge in [0, 0.05) is 29.4 Å². The molecule has 20 heavy (non-hydrogen) atoms. The van der Waals surface area contributed by atoms with Gasteiger partial charge in [-0.3, -0.25) is 0 Å². The molecule has 1 aromatic rings. The molecular formula is C16H29N3S. The Morgan fingerprint density at radius 3 is 2.45 bits per heavy atom. The van der Waals surface area contributed by atoms with Gasteiger partial charge in [-0.25, -0.2) is 4.98 Å². The molecule has 4 heteroatoms. The van der Waals surface area contributed by atoms with Gasteiger partial charge in [-0.05, 0) is 26.9 Å². The minimum absolute atomic E-state index is 0.133. The van der Waals surface area contributed by atoms with Gasteiger partial charge < -0.3 is 10.2 Å². The second kappa shape index (κ2) is 6.54. The fourth-order valence-corrected chi connectivity index (χ4v) is 4.16. The Kier molecular flexibility index (Phi) is 5.21. The third-order valence-electron chi connectivity index (χ3n) is 3.81. The van der Waals surface area contributed by atoms with E-state index in [-0.39, 0.29) is 5.41 Å². The predicted molar refractivity (Wildman–Crippen MR) is 87.3 cm³/mol. The van der Waals surface area contributed by atoms with Gasteiger partial charge in [0.05, 0.1) is 5.69 Å². The zero-order chi connectivity index (χ0) is 14.8. The van der Waals surface area contributed by atoms with Crippen molar-refractivity contribution < 1.29 is 0 Å². The van der Waals surface area contributed by atoms with Crippen molar-refractivity contribution in [2.75, 3.05) is 14.1 Å². The van der Waals surface area contributed by atoms with Crippen molar-refractivity contribution in [2.24, 2.45) is 0 Å². The molecule has 0 unspecified atom stereocenters. The summed E-state index contributed by atoms with van der Waals surface area (Å²) >= 11 is 1.88. The van der Waals surface area contributed by atoms with Crippen LogP contribution in [0.2, 0.25) is 0 Å². The van der Waals surface area contributed by atoms with E-state index in [4.69, 9.17) is 4.98 Å². The maximum absolute atomic E-state index is 4.90. The molecule has 1 aromatic heterocycles. The normalized spacial score (nSPS) is 17.3. The van der Waals surface area contributed by atoms with Crippen molar-refractivity contribution in [1.29, 1.82) is 0 Å². The second-order valence-corrected chi connectivity index (χ2v) is 8.40.